The van der Waals surface area contributed by atoms with E-state index < -0.39 is 15.8 Å². The van der Waals surface area contributed by atoms with Gasteiger partial charge in [0.2, 0.25) is 5.78 Å². The Morgan fingerprint density at radius 2 is 1.75 bits per heavy atom. The summed E-state index contributed by atoms with van der Waals surface area (Å²) >= 11 is 1.25. The van der Waals surface area contributed by atoms with E-state index in [0.717, 1.165) is 11.1 Å². The maximum Gasteiger partial charge on any atom is 0.270 e. The third-order valence-corrected chi connectivity index (χ3v) is 7.17. The van der Waals surface area contributed by atoms with Crippen molar-refractivity contribution in [1.29, 1.82) is 0 Å². The maximum atomic E-state index is 13.3. The molecule has 2 aromatic carbocycles. The molecule has 0 amide bonds. The predicted molar refractivity (Wildman–Crippen MR) is 113 cm³/mol. The molecule has 4 rings (SSSR count). The highest BCUT2D eigenvalue weighted by Gasteiger charge is 2.41. The molecule has 0 bridgehead atoms. The summed E-state index contributed by atoms with van der Waals surface area (Å²) in [6, 6.07) is 18.5. The van der Waals surface area contributed by atoms with Gasteiger partial charge in [-0.3, -0.25) is 9.10 Å². The molecule has 0 fully saturated rings. The van der Waals surface area contributed by atoms with E-state index in [-0.39, 0.29) is 11.4 Å². The van der Waals surface area contributed by atoms with E-state index in [1.807, 2.05) is 49.4 Å². The molecule has 1 N–H and O–H groups in total. The van der Waals surface area contributed by atoms with E-state index in [0.29, 0.717) is 16.3 Å². The van der Waals surface area contributed by atoms with Crippen LogP contribution in [0.3, 0.4) is 0 Å². The highest BCUT2D eigenvalue weighted by atomic mass is 32.2. The lowest BCUT2D eigenvalue weighted by Gasteiger charge is -2.29. The van der Waals surface area contributed by atoms with Crippen molar-refractivity contribution in [2.24, 2.45) is 0 Å². The molecule has 1 aliphatic rings. The van der Waals surface area contributed by atoms with Gasteiger partial charge in [-0.05, 0) is 36.1 Å². The summed E-state index contributed by atoms with van der Waals surface area (Å²) in [5.74, 6) is -0.478. The lowest BCUT2D eigenvalue weighted by atomic mass is 10.1. The van der Waals surface area contributed by atoms with Gasteiger partial charge in [-0.1, -0.05) is 48.0 Å². The molecule has 1 aromatic heterocycles. The second kappa shape index (κ2) is 7.26. The van der Waals surface area contributed by atoms with Crippen LogP contribution >= 0.6 is 11.3 Å². The average molecular weight is 411 g/mol. The van der Waals surface area contributed by atoms with Crippen LogP contribution in [0.4, 0.5) is 11.4 Å². The number of Topliss-reactive ketones (excluding diaryl/α,β-unsaturated/α-hetero) is 1. The zero-order valence-electron chi connectivity index (χ0n) is 15.1. The van der Waals surface area contributed by atoms with Gasteiger partial charge in [0.05, 0.1) is 12.2 Å². The van der Waals surface area contributed by atoms with Gasteiger partial charge in [-0.2, -0.15) is 0 Å². The van der Waals surface area contributed by atoms with Crippen molar-refractivity contribution < 1.29 is 13.2 Å². The minimum atomic E-state index is -3.99. The molecular weight excluding hydrogens is 392 g/mol. The van der Waals surface area contributed by atoms with Crippen molar-refractivity contribution in [2.75, 3.05) is 9.62 Å². The smallest absolute Gasteiger partial charge is 0.270 e. The van der Waals surface area contributed by atoms with Gasteiger partial charge in [0, 0.05) is 11.9 Å². The first kappa shape index (κ1) is 18.5. The Hall–Kier alpha value is -2.90. The quantitative estimate of drug-likeness (QED) is 0.641. The van der Waals surface area contributed by atoms with E-state index in [4.69, 9.17) is 0 Å². The molecule has 0 unspecified atom stereocenters. The number of para-hydroxylation sites is 1. The molecule has 0 saturated heterocycles. The fourth-order valence-corrected chi connectivity index (χ4v) is 5.48. The molecule has 5 nitrogen and oxygen atoms in total. The number of anilines is 2. The number of nitrogens with one attached hydrogen (secondary N) is 1. The number of carbonyl (C=O) groups excluding carboxylic acids is 1. The van der Waals surface area contributed by atoms with E-state index >= 15 is 0 Å². The zero-order valence-corrected chi connectivity index (χ0v) is 16.8. The van der Waals surface area contributed by atoms with E-state index in [1.54, 1.807) is 23.6 Å². The topological polar surface area (TPSA) is 66.5 Å². The number of sulfonamides is 1. The first-order chi connectivity index (χ1) is 13.5. The zero-order chi connectivity index (χ0) is 19.7. The van der Waals surface area contributed by atoms with Crippen LogP contribution in [0.25, 0.3) is 0 Å². The summed E-state index contributed by atoms with van der Waals surface area (Å²) in [6.07, 6.45) is 1.29. The minimum absolute atomic E-state index is 0.169. The third kappa shape index (κ3) is 3.34. The number of benzene rings is 2. The molecule has 3 aromatic rings. The first-order valence-corrected chi connectivity index (χ1v) is 11.0. The molecule has 28 heavy (non-hydrogen) atoms. The van der Waals surface area contributed by atoms with Crippen LogP contribution in [-0.4, -0.2) is 14.2 Å². The fourth-order valence-electron chi connectivity index (χ4n) is 3.00. The van der Waals surface area contributed by atoms with Crippen LogP contribution in [0.2, 0.25) is 0 Å². The number of fused-ring (bicyclic) bond motifs is 1. The standard InChI is InChI=1S/C21H18N2O3S2/c1-15-7-9-16(10-8-15)14-23-18-11-12-27-21(18)20(24)19(28(23,25)26)13-22-17-5-3-2-4-6-17/h2-13,22H,14H2,1H3/b19-13-. The largest absolute Gasteiger partial charge is 0.360 e. The monoisotopic (exact) mass is 410 g/mol. The molecule has 142 valence electrons. The number of thiophene rings is 1. The highest BCUT2D eigenvalue weighted by molar-refractivity contribution is 7.97. The Bertz CT molecular complexity index is 1150. The van der Waals surface area contributed by atoms with Gasteiger partial charge in [0.1, 0.15) is 4.88 Å². The van der Waals surface area contributed by atoms with Gasteiger partial charge >= 0.3 is 0 Å². The van der Waals surface area contributed by atoms with Crippen molar-refractivity contribution in [3.63, 3.8) is 0 Å². The number of hydrogen-bond acceptors (Lipinski definition) is 5. The molecule has 1 aliphatic heterocycles. The molecule has 2 heterocycles. The summed E-state index contributed by atoms with van der Waals surface area (Å²) in [6.45, 7) is 2.15. The van der Waals surface area contributed by atoms with Crippen LogP contribution in [0, 0.1) is 6.92 Å². The van der Waals surface area contributed by atoms with Gasteiger partial charge in [0.15, 0.2) is 4.91 Å². The molecule has 7 heteroatoms. The van der Waals surface area contributed by atoms with E-state index in [9.17, 15) is 13.2 Å². The van der Waals surface area contributed by atoms with Crippen LogP contribution < -0.4 is 9.62 Å². The summed E-state index contributed by atoms with van der Waals surface area (Å²) in [4.78, 5) is 13.0. The molecule has 0 spiro atoms. The number of allylic oxidation sites excluding steroid dienone is 1. The Labute approximate surface area is 168 Å². The Morgan fingerprint density at radius 3 is 2.46 bits per heavy atom. The Balaban J connectivity index is 1.75. The average Bonchev–Trinajstić information content (AvgIpc) is 3.17. The number of rotatable bonds is 4. The SMILES string of the molecule is Cc1ccc(CN2c3ccsc3C(=O)/C(=C/Nc3ccccc3)S2(=O)=O)cc1. The Kier molecular flexibility index (Phi) is 4.78. The predicted octanol–water partition coefficient (Wildman–Crippen LogP) is 4.54. The van der Waals surface area contributed by atoms with Crippen LogP contribution in [0.1, 0.15) is 20.8 Å². The normalized spacial score (nSPS) is 16.8. The van der Waals surface area contributed by atoms with Crippen LogP contribution in [0.5, 0.6) is 0 Å². The van der Waals surface area contributed by atoms with E-state index in [2.05, 4.69) is 5.32 Å². The van der Waals surface area contributed by atoms with Crippen LogP contribution in [0.15, 0.2) is 77.1 Å². The van der Waals surface area contributed by atoms with Gasteiger partial charge in [-0.25, -0.2) is 8.42 Å². The molecule has 0 radical (unpaired) electrons. The van der Waals surface area contributed by atoms with Gasteiger partial charge < -0.3 is 5.32 Å². The summed E-state index contributed by atoms with van der Waals surface area (Å²) in [5.41, 5.74) is 3.10. The number of hydrogen-bond donors (Lipinski definition) is 1. The summed E-state index contributed by atoms with van der Waals surface area (Å²) in [5, 5.41) is 4.68. The van der Waals surface area contributed by atoms with Crippen molar-refractivity contribution >= 4 is 38.5 Å². The minimum Gasteiger partial charge on any atom is -0.360 e. The third-order valence-electron chi connectivity index (χ3n) is 4.50. The van der Waals surface area contributed by atoms with E-state index in [1.165, 1.54) is 21.8 Å². The van der Waals surface area contributed by atoms with Crippen LogP contribution in [-0.2, 0) is 16.6 Å². The highest BCUT2D eigenvalue weighted by Crippen LogP contribution is 2.39. The number of aryl methyl sites for hydroxylation is 1. The fraction of sp³-hybridized carbons (Fsp3) is 0.0952. The molecular formula is C21H18N2O3S2. The second-order valence-electron chi connectivity index (χ2n) is 6.48. The maximum absolute atomic E-state index is 13.3. The second-order valence-corrected chi connectivity index (χ2v) is 9.23. The number of nitrogens with zero attached hydrogens (tertiary/aromatic N) is 1. The van der Waals surface area contributed by atoms with Crippen molar-refractivity contribution in [1.82, 2.24) is 0 Å². The Morgan fingerprint density at radius 1 is 1.04 bits per heavy atom. The summed E-state index contributed by atoms with van der Waals surface area (Å²) < 4.78 is 27.9. The van der Waals surface area contributed by atoms with Gasteiger partial charge in [0.25, 0.3) is 10.0 Å². The molecule has 0 atom stereocenters. The van der Waals surface area contributed by atoms with Gasteiger partial charge in [-0.15, -0.1) is 11.3 Å². The first-order valence-electron chi connectivity index (χ1n) is 8.69. The molecule has 0 aliphatic carbocycles. The lowest BCUT2D eigenvalue weighted by molar-refractivity contribution is 0.104. The molecule has 0 saturated carbocycles. The van der Waals surface area contributed by atoms with Crippen molar-refractivity contribution in [3.8, 4) is 0 Å². The summed E-state index contributed by atoms with van der Waals surface area (Å²) in [7, 11) is -3.99. The van der Waals surface area contributed by atoms with Crippen molar-refractivity contribution in [3.05, 3.63) is 93.2 Å². The lowest BCUT2D eigenvalue weighted by Crippen LogP contribution is -2.38. The number of ketones is 1. The van der Waals surface area contributed by atoms with Crippen molar-refractivity contribution in [2.45, 2.75) is 13.5 Å². The number of carbonyl (C=O) groups is 1.